The second-order valence-corrected chi connectivity index (χ2v) is 9.31. The average Bonchev–Trinajstić information content (AvgIpc) is 3.15. The van der Waals surface area contributed by atoms with Gasteiger partial charge < -0.3 is 14.7 Å². The molecule has 2 aromatic carbocycles. The maximum Gasteiger partial charge on any atom is 0.145 e. The van der Waals surface area contributed by atoms with Crippen LogP contribution in [-0.2, 0) is 16.1 Å². The summed E-state index contributed by atoms with van der Waals surface area (Å²) in [5.41, 5.74) is 2.34. The summed E-state index contributed by atoms with van der Waals surface area (Å²) in [6.45, 7) is 7.48. The lowest BCUT2D eigenvalue weighted by atomic mass is 10.0. The average molecular weight is 449 g/mol. The molecule has 1 aliphatic rings. The van der Waals surface area contributed by atoms with Gasteiger partial charge in [-0.1, -0.05) is 41.0 Å². The molecule has 168 valence electrons. The first-order chi connectivity index (χ1) is 14.7. The van der Waals surface area contributed by atoms with Gasteiger partial charge in [0, 0.05) is 31.1 Å². The Morgan fingerprint density at radius 3 is 2.68 bits per heavy atom. The van der Waals surface area contributed by atoms with Gasteiger partial charge in [0.15, 0.2) is 0 Å². The molecule has 0 amide bonds. The number of hydrogen-bond donors (Lipinski definition) is 1. The summed E-state index contributed by atoms with van der Waals surface area (Å²) >= 11 is 5.97. The molecule has 5 nitrogen and oxygen atoms in total. The second kappa shape index (κ2) is 10.6. The lowest BCUT2D eigenvalue weighted by Gasteiger charge is -2.28. The molecule has 0 saturated carbocycles. The van der Waals surface area contributed by atoms with Crippen LogP contribution in [0.5, 0.6) is 0 Å². The first-order valence-electron chi connectivity index (χ1n) is 10.5. The molecule has 0 fully saturated rings. The number of benzene rings is 2. The zero-order valence-corrected chi connectivity index (χ0v) is 19.0. The Morgan fingerprint density at radius 1 is 1.26 bits per heavy atom. The predicted molar refractivity (Wildman–Crippen MR) is 121 cm³/mol. The highest BCUT2D eigenvalue weighted by molar-refractivity contribution is 6.30. The quantitative estimate of drug-likeness (QED) is 0.606. The monoisotopic (exact) mass is 448 g/mol. The van der Waals surface area contributed by atoms with Crippen LogP contribution in [0.3, 0.4) is 0 Å². The number of halogens is 2. The molecule has 0 bridgehead atoms. The molecule has 2 unspecified atom stereocenters. The van der Waals surface area contributed by atoms with Crippen molar-refractivity contribution in [1.29, 1.82) is 0 Å². The molecule has 3 rings (SSSR count). The fourth-order valence-corrected chi connectivity index (χ4v) is 3.55. The van der Waals surface area contributed by atoms with Gasteiger partial charge in [0.2, 0.25) is 0 Å². The summed E-state index contributed by atoms with van der Waals surface area (Å²) in [5, 5.41) is 15.4. The van der Waals surface area contributed by atoms with Crippen molar-refractivity contribution in [3.05, 3.63) is 70.5 Å². The van der Waals surface area contributed by atoms with Gasteiger partial charge in [0.25, 0.3) is 0 Å². The van der Waals surface area contributed by atoms with Gasteiger partial charge in [-0.2, -0.15) is 0 Å². The van der Waals surface area contributed by atoms with Crippen molar-refractivity contribution in [1.82, 2.24) is 4.90 Å². The first kappa shape index (κ1) is 23.7. The highest BCUT2D eigenvalue weighted by Crippen LogP contribution is 2.20. The van der Waals surface area contributed by atoms with Gasteiger partial charge in [-0.05, 0) is 56.2 Å². The molecule has 31 heavy (non-hydrogen) atoms. The third-order valence-electron chi connectivity index (χ3n) is 4.85. The molecular formula is C24H30ClFN2O3. The number of ether oxygens (including phenoxy) is 1. The van der Waals surface area contributed by atoms with E-state index in [0.717, 1.165) is 16.8 Å². The number of aliphatic hydroxyl groups is 1. The van der Waals surface area contributed by atoms with Crippen LogP contribution in [0.1, 0.15) is 38.3 Å². The maximum atomic E-state index is 13.7. The molecule has 2 aromatic rings. The van der Waals surface area contributed by atoms with Gasteiger partial charge in [0.1, 0.15) is 11.9 Å². The van der Waals surface area contributed by atoms with Gasteiger partial charge in [-0.25, -0.2) is 4.39 Å². The van der Waals surface area contributed by atoms with E-state index in [1.807, 2.05) is 51.1 Å². The van der Waals surface area contributed by atoms with E-state index in [1.165, 1.54) is 12.1 Å². The molecular weight excluding hydrogens is 419 g/mol. The smallest absolute Gasteiger partial charge is 0.145 e. The van der Waals surface area contributed by atoms with Crippen LogP contribution in [0.25, 0.3) is 0 Å². The standard InChI is InChI=1S/C24H30ClFN2O3/c1-24(2,3)30-16-21(29)14-28(13-17-5-4-6-20(26)11-17)15-22-12-23(27-31-22)18-7-9-19(25)10-8-18/h4-11,21-22,29H,12-16H2,1-3H3. The Bertz CT molecular complexity index is 883. The van der Waals surface area contributed by atoms with E-state index in [2.05, 4.69) is 10.1 Å². The molecule has 1 N–H and O–H groups in total. The van der Waals surface area contributed by atoms with Crippen LogP contribution >= 0.6 is 11.6 Å². The van der Waals surface area contributed by atoms with Crippen molar-refractivity contribution in [3.8, 4) is 0 Å². The predicted octanol–water partition coefficient (Wildman–Crippen LogP) is 4.65. The van der Waals surface area contributed by atoms with Crippen molar-refractivity contribution < 1.29 is 19.1 Å². The minimum Gasteiger partial charge on any atom is -0.390 e. The molecule has 2 atom stereocenters. The van der Waals surface area contributed by atoms with Crippen molar-refractivity contribution in [3.63, 3.8) is 0 Å². The minimum absolute atomic E-state index is 0.157. The first-order valence-corrected chi connectivity index (χ1v) is 10.8. The molecule has 1 aliphatic heterocycles. The van der Waals surface area contributed by atoms with Crippen LogP contribution in [-0.4, -0.2) is 53.2 Å². The highest BCUT2D eigenvalue weighted by Gasteiger charge is 2.26. The SMILES string of the molecule is CC(C)(C)OCC(O)CN(Cc1cccc(F)c1)CC1CC(c2ccc(Cl)cc2)=NO1. The Hall–Kier alpha value is -1.99. The normalized spacial score (nSPS) is 17.5. The largest absolute Gasteiger partial charge is 0.390 e. The maximum absolute atomic E-state index is 13.7. The van der Waals surface area contributed by atoms with E-state index < -0.39 is 6.10 Å². The summed E-state index contributed by atoms with van der Waals surface area (Å²) < 4.78 is 19.4. The summed E-state index contributed by atoms with van der Waals surface area (Å²) in [7, 11) is 0. The summed E-state index contributed by atoms with van der Waals surface area (Å²) in [4.78, 5) is 7.72. The van der Waals surface area contributed by atoms with Gasteiger partial charge in [0.05, 0.1) is 24.0 Å². The lowest BCUT2D eigenvalue weighted by Crippen LogP contribution is -2.40. The number of rotatable bonds is 9. The third-order valence-corrected chi connectivity index (χ3v) is 5.10. The fraction of sp³-hybridized carbons (Fsp3) is 0.458. The van der Waals surface area contributed by atoms with E-state index in [1.54, 1.807) is 6.07 Å². The van der Waals surface area contributed by atoms with E-state index in [0.29, 0.717) is 31.1 Å². The van der Waals surface area contributed by atoms with E-state index in [9.17, 15) is 9.50 Å². The summed E-state index contributed by atoms with van der Waals surface area (Å²) in [6, 6.07) is 14.0. The molecule has 0 saturated heterocycles. The summed E-state index contributed by atoms with van der Waals surface area (Å²) in [6.07, 6.45) is -0.184. The summed E-state index contributed by atoms with van der Waals surface area (Å²) in [5.74, 6) is -0.278. The Labute approximate surface area is 188 Å². The highest BCUT2D eigenvalue weighted by atomic mass is 35.5. The van der Waals surface area contributed by atoms with Crippen molar-refractivity contribution in [2.45, 2.75) is 51.5 Å². The van der Waals surface area contributed by atoms with E-state index in [4.69, 9.17) is 21.2 Å². The van der Waals surface area contributed by atoms with Gasteiger partial charge in [-0.15, -0.1) is 0 Å². The number of aliphatic hydroxyl groups excluding tert-OH is 1. The number of nitrogens with zero attached hydrogens (tertiary/aromatic N) is 2. The van der Waals surface area contributed by atoms with Crippen molar-refractivity contribution >= 4 is 17.3 Å². The topological polar surface area (TPSA) is 54.3 Å². The second-order valence-electron chi connectivity index (χ2n) is 8.88. The zero-order chi connectivity index (χ0) is 22.4. The van der Waals surface area contributed by atoms with Crippen LogP contribution in [0, 0.1) is 5.82 Å². The number of oxime groups is 1. The Morgan fingerprint density at radius 2 is 2.00 bits per heavy atom. The van der Waals surface area contributed by atoms with E-state index in [-0.39, 0.29) is 24.1 Å². The van der Waals surface area contributed by atoms with E-state index >= 15 is 0 Å². The molecule has 0 aromatic heterocycles. The van der Waals surface area contributed by atoms with Gasteiger partial charge in [-0.3, -0.25) is 4.90 Å². The molecule has 0 aliphatic carbocycles. The van der Waals surface area contributed by atoms with Crippen molar-refractivity contribution in [2.75, 3.05) is 19.7 Å². The lowest BCUT2D eigenvalue weighted by molar-refractivity contribution is -0.0600. The fourth-order valence-electron chi connectivity index (χ4n) is 3.42. The van der Waals surface area contributed by atoms with Crippen LogP contribution in [0.4, 0.5) is 4.39 Å². The zero-order valence-electron chi connectivity index (χ0n) is 18.2. The van der Waals surface area contributed by atoms with Gasteiger partial charge >= 0.3 is 0 Å². The molecule has 7 heteroatoms. The van der Waals surface area contributed by atoms with Crippen molar-refractivity contribution in [2.24, 2.45) is 5.16 Å². The molecule has 0 radical (unpaired) electrons. The Kier molecular flexibility index (Phi) is 8.06. The van der Waals surface area contributed by atoms with Crippen LogP contribution in [0.2, 0.25) is 5.02 Å². The van der Waals surface area contributed by atoms with Crippen LogP contribution < -0.4 is 0 Å². The number of hydrogen-bond acceptors (Lipinski definition) is 5. The third kappa shape index (κ3) is 7.89. The van der Waals surface area contributed by atoms with Crippen LogP contribution in [0.15, 0.2) is 53.7 Å². The Balaban J connectivity index is 1.62. The molecule has 1 heterocycles. The molecule has 0 spiro atoms. The minimum atomic E-state index is -0.675.